The van der Waals surface area contributed by atoms with Crippen LogP contribution in [0.5, 0.6) is 17.2 Å². The Morgan fingerprint density at radius 2 is 1.64 bits per heavy atom. The standard InChI is InChI=1S/C28H23F3N4O4/c1-37-23-13-8-17(15-24(23)38-2)25-22-14-18(16-32-19-9-11-21(12-10-19)39-28(29,30)31)27(36)33-26(22)35(34-25)20-6-4-3-5-7-20/h3-15,32H,16H2,1-2H3,(H,33,36). The number of para-hydroxylation sites is 1. The van der Waals surface area contributed by atoms with Crippen molar-refractivity contribution in [2.45, 2.75) is 12.9 Å². The molecule has 8 nitrogen and oxygen atoms in total. The lowest BCUT2D eigenvalue weighted by Crippen LogP contribution is -2.17. The number of pyridine rings is 1. The summed E-state index contributed by atoms with van der Waals surface area (Å²) in [6, 6.07) is 21.9. The summed E-state index contributed by atoms with van der Waals surface area (Å²) in [4.78, 5) is 16.0. The van der Waals surface area contributed by atoms with Gasteiger partial charge >= 0.3 is 6.36 Å². The number of alkyl halides is 3. The number of hydrogen-bond donors (Lipinski definition) is 2. The van der Waals surface area contributed by atoms with Crippen LogP contribution in [0.3, 0.4) is 0 Å². The van der Waals surface area contributed by atoms with Crippen LogP contribution < -0.4 is 25.1 Å². The van der Waals surface area contributed by atoms with E-state index in [1.165, 1.54) is 24.3 Å². The third kappa shape index (κ3) is 5.52. The lowest BCUT2D eigenvalue weighted by atomic mass is 10.1. The molecule has 3 aromatic carbocycles. The van der Waals surface area contributed by atoms with Gasteiger partial charge in [-0.05, 0) is 60.7 Å². The van der Waals surface area contributed by atoms with E-state index in [9.17, 15) is 18.0 Å². The number of nitrogens with zero attached hydrogens (tertiary/aromatic N) is 2. The fourth-order valence-electron chi connectivity index (χ4n) is 4.17. The summed E-state index contributed by atoms with van der Waals surface area (Å²) in [7, 11) is 3.10. The highest BCUT2D eigenvalue weighted by Gasteiger charge is 2.31. The van der Waals surface area contributed by atoms with E-state index in [0.717, 1.165) is 11.3 Å². The molecule has 0 unspecified atom stereocenters. The molecule has 5 rings (SSSR count). The van der Waals surface area contributed by atoms with Gasteiger partial charge in [0, 0.05) is 28.7 Å². The first-order valence-electron chi connectivity index (χ1n) is 11.8. The Kier molecular flexibility index (Phi) is 6.88. The van der Waals surface area contributed by atoms with E-state index in [2.05, 4.69) is 15.0 Å². The number of rotatable bonds is 8. The highest BCUT2D eigenvalue weighted by molar-refractivity contribution is 5.93. The summed E-state index contributed by atoms with van der Waals surface area (Å²) in [6.07, 6.45) is -4.77. The van der Waals surface area contributed by atoms with E-state index in [4.69, 9.17) is 14.6 Å². The normalized spacial score (nSPS) is 11.4. The van der Waals surface area contributed by atoms with E-state index in [-0.39, 0.29) is 17.9 Å². The molecule has 2 N–H and O–H groups in total. The average molecular weight is 537 g/mol. The number of methoxy groups -OCH3 is 2. The van der Waals surface area contributed by atoms with Gasteiger partial charge in [-0.2, -0.15) is 5.10 Å². The van der Waals surface area contributed by atoms with Crippen molar-refractivity contribution in [1.82, 2.24) is 14.8 Å². The molecule has 2 heterocycles. The Morgan fingerprint density at radius 1 is 0.923 bits per heavy atom. The zero-order valence-corrected chi connectivity index (χ0v) is 20.9. The lowest BCUT2D eigenvalue weighted by Gasteiger charge is -2.10. The predicted octanol–water partition coefficient (Wildman–Crippen LogP) is 5.91. The molecule has 0 spiro atoms. The molecule has 2 aromatic heterocycles. The average Bonchev–Trinajstić information content (AvgIpc) is 3.30. The first-order chi connectivity index (χ1) is 18.8. The second kappa shape index (κ2) is 10.4. The zero-order valence-electron chi connectivity index (χ0n) is 20.9. The molecule has 0 aliphatic carbocycles. The maximum atomic E-state index is 13.1. The van der Waals surface area contributed by atoms with Gasteiger partial charge in [-0.3, -0.25) is 4.79 Å². The summed E-state index contributed by atoms with van der Waals surface area (Å²) < 4.78 is 53.7. The minimum Gasteiger partial charge on any atom is -0.493 e. The number of halogens is 3. The number of ether oxygens (including phenoxy) is 3. The molecule has 0 aliphatic rings. The predicted molar refractivity (Wildman–Crippen MR) is 141 cm³/mol. The van der Waals surface area contributed by atoms with Crippen LogP contribution in [0.4, 0.5) is 18.9 Å². The SMILES string of the molecule is COc1ccc(-c2nn(-c3ccccc3)c3[nH]c(=O)c(CNc4ccc(OC(F)(F)F)cc4)cc23)cc1OC. The number of hydrogen-bond acceptors (Lipinski definition) is 6. The summed E-state index contributed by atoms with van der Waals surface area (Å²) in [5.74, 6) is 0.764. The van der Waals surface area contributed by atoms with Crippen molar-refractivity contribution in [2.75, 3.05) is 19.5 Å². The molecule has 5 aromatic rings. The lowest BCUT2D eigenvalue weighted by molar-refractivity contribution is -0.274. The van der Waals surface area contributed by atoms with Crippen molar-refractivity contribution < 1.29 is 27.4 Å². The van der Waals surface area contributed by atoms with E-state index >= 15 is 0 Å². The molecule has 0 saturated heterocycles. The molecule has 0 fully saturated rings. The highest BCUT2D eigenvalue weighted by atomic mass is 19.4. The molecular formula is C28H23F3N4O4. The third-order valence-electron chi connectivity index (χ3n) is 5.99. The highest BCUT2D eigenvalue weighted by Crippen LogP contribution is 2.35. The van der Waals surface area contributed by atoms with Crippen LogP contribution in [0.25, 0.3) is 28.0 Å². The molecule has 200 valence electrons. The molecule has 0 radical (unpaired) electrons. The van der Waals surface area contributed by atoms with E-state index < -0.39 is 6.36 Å². The minimum absolute atomic E-state index is 0.118. The van der Waals surface area contributed by atoms with Crippen LogP contribution in [0.1, 0.15) is 5.56 Å². The monoisotopic (exact) mass is 536 g/mol. The molecule has 0 atom stereocenters. The smallest absolute Gasteiger partial charge is 0.493 e. The van der Waals surface area contributed by atoms with E-state index in [0.29, 0.717) is 39.5 Å². The van der Waals surface area contributed by atoms with Gasteiger partial charge in [-0.15, -0.1) is 13.2 Å². The summed E-state index contributed by atoms with van der Waals surface area (Å²) in [5.41, 5.74) is 3.23. The molecule has 0 saturated carbocycles. The summed E-state index contributed by atoms with van der Waals surface area (Å²) in [6.45, 7) is 0.118. The molecule has 39 heavy (non-hydrogen) atoms. The second-order valence-electron chi connectivity index (χ2n) is 8.48. The Morgan fingerprint density at radius 3 is 2.31 bits per heavy atom. The van der Waals surface area contributed by atoms with Gasteiger partial charge in [0.2, 0.25) is 0 Å². The van der Waals surface area contributed by atoms with E-state index in [1.54, 1.807) is 31.0 Å². The van der Waals surface area contributed by atoms with Gasteiger partial charge in [0.1, 0.15) is 17.1 Å². The maximum Gasteiger partial charge on any atom is 0.573 e. The van der Waals surface area contributed by atoms with Crippen molar-refractivity contribution in [2.24, 2.45) is 0 Å². The van der Waals surface area contributed by atoms with Crippen LogP contribution in [0, 0.1) is 0 Å². The fraction of sp³-hybridized carbons (Fsp3) is 0.143. The number of nitrogens with one attached hydrogen (secondary N) is 2. The Hall–Kier alpha value is -4.93. The van der Waals surface area contributed by atoms with Crippen molar-refractivity contribution >= 4 is 16.7 Å². The van der Waals surface area contributed by atoms with Crippen molar-refractivity contribution in [1.29, 1.82) is 0 Å². The van der Waals surface area contributed by atoms with Gasteiger partial charge in [0.05, 0.1) is 19.9 Å². The van der Waals surface area contributed by atoms with Gasteiger partial charge < -0.3 is 24.5 Å². The van der Waals surface area contributed by atoms with Crippen molar-refractivity contribution in [3.63, 3.8) is 0 Å². The van der Waals surface area contributed by atoms with Crippen molar-refractivity contribution in [3.05, 3.63) is 94.8 Å². The Balaban J connectivity index is 1.54. The topological polar surface area (TPSA) is 90.4 Å². The van der Waals surface area contributed by atoms with Crippen LogP contribution in [0.15, 0.2) is 83.7 Å². The minimum atomic E-state index is -4.77. The number of fused-ring (bicyclic) bond motifs is 1. The molecule has 0 amide bonds. The number of benzene rings is 3. The third-order valence-corrected chi connectivity index (χ3v) is 5.99. The Labute approximate surface area is 220 Å². The molecule has 11 heteroatoms. The quantitative estimate of drug-likeness (QED) is 0.256. The van der Waals surface area contributed by atoms with Gasteiger partial charge in [0.15, 0.2) is 11.5 Å². The number of aromatic amines is 1. The largest absolute Gasteiger partial charge is 0.573 e. The second-order valence-corrected chi connectivity index (χ2v) is 8.48. The molecule has 0 aliphatic heterocycles. The first kappa shape index (κ1) is 25.7. The molecular weight excluding hydrogens is 513 g/mol. The molecule has 0 bridgehead atoms. The summed E-state index contributed by atoms with van der Waals surface area (Å²) in [5, 5.41) is 8.58. The van der Waals surface area contributed by atoms with Crippen LogP contribution in [-0.4, -0.2) is 35.3 Å². The number of aromatic nitrogens is 3. The van der Waals surface area contributed by atoms with E-state index in [1.807, 2.05) is 42.5 Å². The zero-order chi connectivity index (χ0) is 27.6. The first-order valence-corrected chi connectivity index (χ1v) is 11.8. The maximum absolute atomic E-state index is 13.1. The van der Waals surface area contributed by atoms with Crippen molar-refractivity contribution in [3.8, 4) is 34.2 Å². The number of H-pyrrole nitrogens is 1. The van der Waals surface area contributed by atoms with Crippen LogP contribution in [-0.2, 0) is 6.54 Å². The van der Waals surface area contributed by atoms with Gasteiger partial charge in [0.25, 0.3) is 5.56 Å². The Bertz CT molecular complexity index is 1660. The van der Waals surface area contributed by atoms with Crippen LogP contribution in [0.2, 0.25) is 0 Å². The fourth-order valence-corrected chi connectivity index (χ4v) is 4.17. The summed E-state index contributed by atoms with van der Waals surface area (Å²) >= 11 is 0. The number of anilines is 1. The van der Waals surface area contributed by atoms with Gasteiger partial charge in [-0.1, -0.05) is 18.2 Å². The van der Waals surface area contributed by atoms with Gasteiger partial charge in [-0.25, -0.2) is 4.68 Å². The van der Waals surface area contributed by atoms with Crippen LogP contribution >= 0.6 is 0 Å².